The third-order valence-electron chi connectivity index (χ3n) is 2.45. The van der Waals surface area contributed by atoms with Gasteiger partial charge in [0.2, 0.25) is 6.41 Å². The third-order valence-corrected chi connectivity index (χ3v) is 2.45. The summed E-state index contributed by atoms with van der Waals surface area (Å²) in [6.07, 6.45) is 2.90. The van der Waals surface area contributed by atoms with Crippen LogP contribution < -0.4 is 5.32 Å². The van der Waals surface area contributed by atoms with Crippen LogP contribution in [0.2, 0.25) is 0 Å². The van der Waals surface area contributed by atoms with Gasteiger partial charge in [0.15, 0.2) is 0 Å². The molecular weight excluding hydrogens is 288 g/mol. The van der Waals surface area contributed by atoms with Crippen molar-refractivity contribution in [3.63, 3.8) is 0 Å². The molecule has 132 valence electrons. The summed E-state index contributed by atoms with van der Waals surface area (Å²) in [5.74, 6) is -0.392. The summed E-state index contributed by atoms with van der Waals surface area (Å²) in [4.78, 5) is 23.3. The molecule has 0 saturated heterocycles. The number of carbonyl (C=O) groups excluding carboxylic acids is 2. The van der Waals surface area contributed by atoms with E-state index in [0.29, 0.717) is 18.6 Å². The number of nitrogens with zero attached hydrogens (tertiary/aromatic N) is 1. The van der Waals surface area contributed by atoms with Crippen molar-refractivity contribution < 1.29 is 24.2 Å². The molecule has 0 aromatic rings. The molecule has 2 N–H and O–H groups in total. The van der Waals surface area contributed by atoms with Crippen LogP contribution in [-0.2, 0) is 19.1 Å². The van der Waals surface area contributed by atoms with Crippen LogP contribution >= 0.6 is 0 Å². The topological polar surface area (TPSA) is 88.1 Å². The average molecular weight is 320 g/mol. The Morgan fingerprint density at radius 3 is 2.27 bits per heavy atom. The number of ether oxygens (including phenoxy) is 2. The van der Waals surface area contributed by atoms with Gasteiger partial charge in [0.25, 0.3) is 5.91 Å². The summed E-state index contributed by atoms with van der Waals surface area (Å²) in [5.41, 5.74) is 0.477. The first-order chi connectivity index (χ1) is 10.5. The highest BCUT2D eigenvalue weighted by molar-refractivity contribution is 5.98. The molecule has 0 spiro atoms. The van der Waals surface area contributed by atoms with Crippen LogP contribution in [0.1, 0.15) is 27.2 Å². The SMILES string of the molecule is CC.CO.COCC(CCN(C)/C=C(/C)C(=O)NC=O)OC. The zero-order valence-electron chi connectivity index (χ0n) is 14.9. The van der Waals surface area contributed by atoms with Gasteiger partial charge in [-0.15, -0.1) is 0 Å². The molecule has 22 heavy (non-hydrogen) atoms. The molecular formula is C15H32N2O5. The number of amides is 2. The van der Waals surface area contributed by atoms with Crippen molar-refractivity contribution in [2.45, 2.75) is 33.3 Å². The number of carbonyl (C=O) groups is 2. The molecule has 7 nitrogen and oxygen atoms in total. The van der Waals surface area contributed by atoms with E-state index in [1.54, 1.807) is 27.3 Å². The molecule has 1 unspecified atom stereocenters. The van der Waals surface area contributed by atoms with Crippen molar-refractivity contribution in [1.29, 1.82) is 0 Å². The molecule has 0 aliphatic rings. The van der Waals surface area contributed by atoms with Gasteiger partial charge < -0.3 is 19.5 Å². The van der Waals surface area contributed by atoms with E-state index >= 15 is 0 Å². The summed E-state index contributed by atoms with van der Waals surface area (Å²) >= 11 is 0. The molecule has 0 aliphatic carbocycles. The van der Waals surface area contributed by atoms with E-state index < -0.39 is 5.91 Å². The van der Waals surface area contributed by atoms with Gasteiger partial charge in [0, 0.05) is 46.7 Å². The van der Waals surface area contributed by atoms with Crippen LogP contribution in [0, 0.1) is 0 Å². The minimum atomic E-state index is -0.392. The van der Waals surface area contributed by atoms with Gasteiger partial charge >= 0.3 is 0 Å². The minimum Gasteiger partial charge on any atom is -0.400 e. The number of imide groups is 1. The maximum Gasteiger partial charge on any atom is 0.254 e. The van der Waals surface area contributed by atoms with Gasteiger partial charge in [0.05, 0.1) is 12.7 Å². The van der Waals surface area contributed by atoms with E-state index in [2.05, 4.69) is 5.32 Å². The lowest BCUT2D eigenvalue weighted by Gasteiger charge is -2.19. The zero-order chi connectivity index (χ0) is 18.0. The first-order valence-electron chi connectivity index (χ1n) is 7.14. The summed E-state index contributed by atoms with van der Waals surface area (Å²) < 4.78 is 10.3. The molecule has 1 atom stereocenters. The van der Waals surface area contributed by atoms with Crippen molar-refractivity contribution in [1.82, 2.24) is 10.2 Å². The molecule has 0 rings (SSSR count). The normalized spacial score (nSPS) is 11.2. The molecule has 0 fully saturated rings. The van der Waals surface area contributed by atoms with Gasteiger partial charge in [0.1, 0.15) is 0 Å². The summed E-state index contributed by atoms with van der Waals surface area (Å²) in [7, 11) is 6.13. The molecule has 0 aromatic heterocycles. The number of hydrogen-bond donors (Lipinski definition) is 2. The smallest absolute Gasteiger partial charge is 0.254 e. The minimum absolute atomic E-state index is 0.0370. The predicted octanol–water partition coefficient (Wildman–Crippen LogP) is 0.781. The fourth-order valence-corrected chi connectivity index (χ4v) is 1.42. The number of aliphatic hydroxyl groups is 1. The first kappa shape index (κ1) is 25.5. The van der Waals surface area contributed by atoms with Crippen molar-refractivity contribution in [2.24, 2.45) is 0 Å². The Kier molecular flexibility index (Phi) is 22.7. The lowest BCUT2D eigenvalue weighted by molar-refractivity contribution is -0.122. The van der Waals surface area contributed by atoms with E-state index in [1.165, 1.54) is 0 Å². The van der Waals surface area contributed by atoms with Gasteiger partial charge in [-0.05, 0) is 13.3 Å². The van der Waals surface area contributed by atoms with Crippen LogP contribution in [0.25, 0.3) is 0 Å². The Labute approximate surface area is 134 Å². The predicted molar refractivity (Wildman–Crippen MR) is 87.4 cm³/mol. The molecule has 7 heteroatoms. The van der Waals surface area contributed by atoms with Crippen LogP contribution in [0.15, 0.2) is 11.8 Å². The quantitative estimate of drug-likeness (QED) is 0.482. The number of nitrogens with one attached hydrogen (secondary N) is 1. The van der Waals surface area contributed by atoms with Crippen molar-refractivity contribution in [2.75, 3.05) is 41.5 Å². The molecule has 0 radical (unpaired) electrons. The lowest BCUT2D eigenvalue weighted by atomic mass is 10.2. The van der Waals surface area contributed by atoms with E-state index in [1.807, 2.05) is 25.8 Å². The molecule has 0 saturated carbocycles. The molecule has 0 heterocycles. The van der Waals surface area contributed by atoms with Gasteiger partial charge in [-0.25, -0.2) is 0 Å². The Hall–Kier alpha value is -1.44. The summed E-state index contributed by atoms with van der Waals surface area (Å²) in [5, 5.41) is 9.09. The van der Waals surface area contributed by atoms with Crippen LogP contribution in [0.5, 0.6) is 0 Å². The van der Waals surface area contributed by atoms with Gasteiger partial charge in [-0.1, -0.05) is 13.8 Å². The number of methoxy groups -OCH3 is 2. The molecule has 0 bridgehead atoms. The number of hydrogen-bond acceptors (Lipinski definition) is 6. The average Bonchev–Trinajstić information content (AvgIpc) is 2.55. The highest BCUT2D eigenvalue weighted by Crippen LogP contribution is 2.02. The maximum absolute atomic E-state index is 11.3. The standard InChI is InChI=1S/C12H22N2O4.C2H6.CH4O/c1-10(12(16)13-9-15)7-14(2)6-5-11(18-4)8-17-3;2*1-2/h7,9,11H,5-6,8H2,1-4H3,(H,13,15,16);1-2H3;2H,1H3/b10-7-;;. The Bertz CT molecular complexity index is 296. The fraction of sp³-hybridized carbons (Fsp3) is 0.733. The van der Waals surface area contributed by atoms with E-state index in [4.69, 9.17) is 14.6 Å². The van der Waals surface area contributed by atoms with Gasteiger partial charge in [-0.3, -0.25) is 14.9 Å². The second-order valence-electron chi connectivity index (χ2n) is 3.99. The van der Waals surface area contributed by atoms with Crippen molar-refractivity contribution >= 4 is 12.3 Å². The lowest BCUT2D eigenvalue weighted by Crippen LogP contribution is -2.26. The molecule has 0 aromatic carbocycles. The largest absolute Gasteiger partial charge is 0.400 e. The molecule has 0 aliphatic heterocycles. The highest BCUT2D eigenvalue weighted by atomic mass is 16.5. The van der Waals surface area contributed by atoms with Crippen LogP contribution in [0.4, 0.5) is 0 Å². The zero-order valence-corrected chi connectivity index (χ0v) is 14.9. The Balaban J connectivity index is -0.000000826. The Morgan fingerprint density at radius 2 is 1.86 bits per heavy atom. The first-order valence-corrected chi connectivity index (χ1v) is 7.14. The summed E-state index contributed by atoms with van der Waals surface area (Å²) in [6, 6.07) is 0. The number of aliphatic hydroxyl groups excluding tert-OH is 1. The number of rotatable bonds is 9. The maximum atomic E-state index is 11.3. The highest BCUT2D eigenvalue weighted by Gasteiger charge is 2.08. The molecule has 2 amide bonds. The van der Waals surface area contributed by atoms with Gasteiger partial charge in [-0.2, -0.15) is 0 Å². The fourth-order valence-electron chi connectivity index (χ4n) is 1.42. The summed E-state index contributed by atoms with van der Waals surface area (Å²) in [6.45, 7) is 6.92. The monoisotopic (exact) mass is 320 g/mol. The van der Waals surface area contributed by atoms with E-state index in [9.17, 15) is 9.59 Å². The second-order valence-corrected chi connectivity index (χ2v) is 3.99. The van der Waals surface area contributed by atoms with Crippen LogP contribution in [0.3, 0.4) is 0 Å². The third kappa shape index (κ3) is 15.0. The van der Waals surface area contributed by atoms with Crippen molar-refractivity contribution in [3.05, 3.63) is 11.8 Å². The van der Waals surface area contributed by atoms with E-state index in [-0.39, 0.29) is 6.10 Å². The van der Waals surface area contributed by atoms with Crippen LogP contribution in [-0.4, -0.2) is 70.0 Å². The Morgan fingerprint density at radius 1 is 1.32 bits per heavy atom. The van der Waals surface area contributed by atoms with E-state index in [0.717, 1.165) is 20.1 Å². The second kappa shape index (κ2) is 19.6. The van der Waals surface area contributed by atoms with Crippen molar-refractivity contribution in [3.8, 4) is 0 Å².